The van der Waals surface area contributed by atoms with Crippen molar-refractivity contribution in [3.8, 4) is 0 Å². The van der Waals surface area contributed by atoms with Crippen LogP contribution in [0, 0.1) is 0 Å². The van der Waals surface area contributed by atoms with Gasteiger partial charge in [0.15, 0.2) is 0 Å². The van der Waals surface area contributed by atoms with E-state index < -0.39 is 10.0 Å². The molecular formula is C21H25ClN2O3S. The molecule has 0 bridgehead atoms. The summed E-state index contributed by atoms with van der Waals surface area (Å²) in [4.78, 5) is 12.3. The molecule has 0 fully saturated rings. The molecule has 0 radical (unpaired) electrons. The zero-order chi connectivity index (χ0) is 20.6. The molecule has 0 aliphatic carbocycles. The van der Waals surface area contributed by atoms with E-state index in [0.29, 0.717) is 23.8 Å². The van der Waals surface area contributed by atoms with Gasteiger partial charge in [0.25, 0.3) is 0 Å². The molecule has 0 atom stereocenters. The number of nitrogens with one attached hydrogen (secondary N) is 1. The van der Waals surface area contributed by atoms with Gasteiger partial charge in [-0.05, 0) is 54.8 Å². The van der Waals surface area contributed by atoms with E-state index in [9.17, 15) is 13.2 Å². The SMILES string of the molecule is CCCN(CCC)S(=O)(=O)c1ccc(NC(=O)C=Cc2ccccc2Cl)cc1. The second-order valence-electron chi connectivity index (χ2n) is 6.27. The molecule has 28 heavy (non-hydrogen) atoms. The highest BCUT2D eigenvalue weighted by molar-refractivity contribution is 7.89. The highest BCUT2D eigenvalue weighted by Crippen LogP contribution is 2.20. The van der Waals surface area contributed by atoms with Gasteiger partial charge in [0.1, 0.15) is 0 Å². The topological polar surface area (TPSA) is 66.5 Å². The third-order valence-electron chi connectivity index (χ3n) is 4.03. The van der Waals surface area contributed by atoms with Crippen LogP contribution in [0.5, 0.6) is 0 Å². The van der Waals surface area contributed by atoms with Gasteiger partial charge in [0.2, 0.25) is 15.9 Å². The first kappa shape index (κ1) is 22.1. The van der Waals surface area contributed by atoms with Crippen molar-refractivity contribution in [3.63, 3.8) is 0 Å². The van der Waals surface area contributed by atoms with E-state index in [2.05, 4.69) is 5.32 Å². The summed E-state index contributed by atoms with van der Waals surface area (Å²) in [6.07, 6.45) is 4.52. The minimum absolute atomic E-state index is 0.221. The van der Waals surface area contributed by atoms with E-state index in [-0.39, 0.29) is 10.8 Å². The van der Waals surface area contributed by atoms with Crippen LogP contribution in [0.2, 0.25) is 5.02 Å². The van der Waals surface area contributed by atoms with Gasteiger partial charge in [-0.15, -0.1) is 0 Å². The Morgan fingerprint density at radius 2 is 1.64 bits per heavy atom. The van der Waals surface area contributed by atoms with E-state index >= 15 is 0 Å². The number of amides is 1. The fraction of sp³-hybridized carbons (Fsp3) is 0.286. The van der Waals surface area contributed by atoms with E-state index in [0.717, 1.165) is 18.4 Å². The zero-order valence-electron chi connectivity index (χ0n) is 16.1. The van der Waals surface area contributed by atoms with Gasteiger partial charge in [0, 0.05) is 29.9 Å². The number of carbonyl (C=O) groups excluding carboxylic acids is 1. The number of sulfonamides is 1. The molecule has 7 heteroatoms. The second-order valence-corrected chi connectivity index (χ2v) is 8.62. The first-order valence-corrected chi connectivity index (χ1v) is 11.0. The van der Waals surface area contributed by atoms with E-state index in [1.54, 1.807) is 24.3 Å². The summed E-state index contributed by atoms with van der Waals surface area (Å²) in [5.74, 6) is -0.325. The normalized spacial score (nSPS) is 11.9. The molecule has 0 heterocycles. The minimum atomic E-state index is -3.53. The first-order valence-electron chi connectivity index (χ1n) is 9.22. The number of halogens is 1. The van der Waals surface area contributed by atoms with Crippen molar-refractivity contribution in [2.75, 3.05) is 18.4 Å². The molecule has 150 valence electrons. The highest BCUT2D eigenvalue weighted by Gasteiger charge is 2.22. The molecule has 0 aliphatic rings. The second kappa shape index (κ2) is 10.4. The summed E-state index contributed by atoms with van der Waals surface area (Å²) in [7, 11) is -3.53. The van der Waals surface area contributed by atoms with E-state index in [4.69, 9.17) is 11.6 Å². The Hall–Kier alpha value is -2.15. The van der Waals surface area contributed by atoms with Crippen LogP contribution in [0.25, 0.3) is 6.08 Å². The Balaban J connectivity index is 2.07. The fourth-order valence-corrected chi connectivity index (χ4v) is 4.49. The highest BCUT2D eigenvalue weighted by atomic mass is 35.5. The molecule has 1 amide bonds. The van der Waals surface area contributed by atoms with Crippen LogP contribution in [0.3, 0.4) is 0 Å². The minimum Gasteiger partial charge on any atom is -0.323 e. The molecule has 0 aromatic heterocycles. The molecule has 0 saturated heterocycles. The van der Waals surface area contributed by atoms with Gasteiger partial charge in [0.05, 0.1) is 4.90 Å². The number of anilines is 1. The molecule has 2 aromatic carbocycles. The maximum Gasteiger partial charge on any atom is 0.248 e. The number of nitrogens with zero attached hydrogens (tertiary/aromatic N) is 1. The first-order chi connectivity index (χ1) is 13.4. The quantitative estimate of drug-likeness (QED) is 0.592. The van der Waals surface area contributed by atoms with E-state index in [1.165, 1.54) is 22.5 Å². The molecule has 1 N–H and O–H groups in total. The molecule has 0 aliphatic heterocycles. The summed E-state index contributed by atoms with van der Waals surface area (Å²) in [5.41, 5.74) is 1.26. The lowest BCUT2D eigenvalue weighted by atomic mass is 10.2. The average Bonchev–Trinajstić information content (AvgIpc) is 2.67. The van der Waals surface area contributed by atoms with Crippen molar-refractivity contribution in [1.29, 1.82) is 0 Å². The molecule has 0 saturated carbocycles. The van der Waals surface area contributed by atoms with Gasteiger partial charge >= 0.3 is 0 Å². The third-order valence-corrected chi connectivity index (χ3v) is 6.28. The summed E-state index contributed by atoms with van der Waals surface area (Å²) in [6, 6.07) is 13.4. The van der Waals surface area contributed by atoms with Crippen LogP contribution in [0.1, 0.15) is 32.3 Å². The largest absolute Gasteiger partial charge is 0.323 e. The van der Waals surface area contributed by atoms with Crippen molar-refractivity contribution in [3.05, 3.63) is 65.2 Å². The van der Waals surface area contributed by atoms with Crippen molar-refractivity contribution in [1.82, 2.24) is 4.31 Å². The van der Waals surface area contributed by atoms with Crippen LogP contribution in [-0.4, -0.2) is 31.7 Å². The third kappa shape index (κ3) is 5.92. The van der Waals surface area contributed by atoms with Gasteiger partial charge in [-0.3, -0.25) is 4.79 Å². The Labute approximate surface area is 172 Å². The van der Waals surface area contributed by atoms with Crippen molar-refractivity contribution >= 4 is 39.3 Å². The summed E-state index contributed by atoms with van der Waals surface area (Å²) >= 11 is 6.05. The van der Waals surface area contributed by atoms with Crippen LogP contribution in [0.4, 0.5) is 5.69 Å². The Bertz CT molecular complexity index is 919. The molecule has 2 rings (SSSR count). The number of hydrogen-bond acceptors (Lipinski definition) is 3. The fourth-order valence-electron chi connectivity index (χ4n) is 2.67. The van der Waals surface area contributed by atoms with Gasteiger partial charge < -0.3 is 5.32 Å². The van der Waals surface area contributed by atoms with E-state index in [1.807, 2.05) is 32.0 Å². The molecule has 2 aromatic rings. The molecular weight excluding hydrogens is 396 g/mol. The maximum atomic E-state index is 12.8. The van der Waals surface area contributed by atoms with Crippen LogP contribution >= 0.6 is 11.6 Å². The predicted molar refractivity (Wildman–Crippen MR) is 115 cm³/mol. The van der Waals surface area contributed by atoms with Crippen molar-refractivity contribution in [2.45, 2.75) is 31.6 Å². The monoisotopic (exact) mass is 420 g/mol. The van der Waals surface area contributed by atoms with Crippen molar-refractivity contribution in [2.24, 2.45) is 0 Å². The number of carbonyl (C=O) groups is 1. The van der Waals surface area contributed by atoms with Crippen molar-refractivity contribution < 1.29 is 13.2 Å². The smallest absolute Gasteiger partial charge is 0.248 e. The Kier molecular flexibility index (Phi) is 8.23. The van der Waals surface area contributed by atoms with Gasteiger partial charge in [-0.1, -0.05) is 43.6 Å². The van der Waals surface area contributed by atoms with Gasteiger partial charge in [-0.25, -0.2) is 8.42 Å². The maximum absolute atomic E-state index is 12.8. The summed E-state index contributed by atoms with van der Waals surface area (Å²) in [6.45, 7) is 4.88. The molecule has 5 nitrogen and oxygen atoms in total. The number of rotatable bonds is 9. The lowest BCUT2D eigenvalue weighted by Crippen LogP contribution is -2.32. The van der Waals surface area contributed by atoms with Gasteiger partial charge in [-0.2, -0.15) is 4.31 Å². The predicted octanol–water partition coefficient (Wildman–Crippen LogP) is 4.80. The zero-order valence-corrected chi connectivity index (χ0v) is 17.6. The molecule has 0 spiro atoms. The summed E-state index contributed by atoms with van der Waals surface area (Å²) in [5, 5.41) is 3.27. The Morgan fingerprint density at radius 1 is 1.04 bits per heavy atom. The standard InChI is InChI=1S/C21H25ClN2O3S/c1-3-15-24(16-4-2)28(26,27)19-12-10-18(11-13-19)23-21(25)14-9-17-7-5-6-8-20(17)22/h5-14H,3-4,15-16H2,1-2H3,(H,23,25). The van der Waals surface area contributed by atoms with Crippen LogP contribution < -0.4 is 5.32 Å². The average molecular weight is 421 g/mol. The number of benzene rings is 2. The molecule has 0 unspecified atom stereocenters. The lowest BCUT2D eigenvalue weighted by Gasteiger charge is -2.21. The van der Waals surface area contributed by atoms with Crippen LogP contribution in [-0.2, 0) is 14.8 Å². The van der Waals surface area contributed by atoms with Crippen LogP contribution in [0.15, 0.2) is 59.5 Å². The Morgan fingerprint density at radius 3 is 2.21 bits per heavy atom. The lowest BCUT2D eigenvalue weighted by molar-refractivity contribution is -0.111. The summed E-state index contributed by atoms with van der Waals surface area (Å²) < 4.78 is 27.0. The number of hydrogen-bond donors (Lipinski definition) is 1.